The number of unbranched alkanes of at least 4 members (excludes halogenated alkanes) is 4. The van der Waals surface area contributed by atoms with Crippen LogP contribution in [0.25, 0.3) is 0 Å². The molecule has 5 nitrogen and oxygen atoms in total. The first-order valence-corrected chi connectivity index (χ1v) is 4.78. The third-order valence-electron chi connectivity index (χ3n) is 1.86. The molecule has 0 aliphatic rings. The fourth-order valence-electron chi connectivity index (χ4n) is 1.11. The van der Waals surface area contributed by atoms with Crippen LogP contribution in [0.3, 0.4) is 0 Å². The van der Waals surface area contributed by atoms with Crippen LogP contribution in [-0.2, 0) is 9.59 Å². The molecule has 0 aromatic carbocycles. The van der Waals surface area contributed by atoms with Crippen molar-refractivity contribution in [3.63, 3.8) is 0 Å². The topological polar surface area (TPSA) is 78.8 Å². The van der Waals surface area contributed by atoms with Crippen molar-refractivity contribution >= 4 is 12.0 Å². The van der Waals surface area contributed by atoms with Crippen LogP contribution in [0.1, 0.15) is 38.5 Å². The molecule has 0 saturated heterocycles. The molecule has 0 bridgehead atoms. The van der Waals surface area contributed by atoms with Crippen molar-refractivity contribution in [3.05, 3.63) is 0 Å². The maximum atomic E-state index is 10.6. The Kier molecular flexibility index (Phi) is 9.05. The Morgan fingerprint density at radius 2 is 1.86 bits per heavy atom. The van der Waals surface area contributed by atoms with Gasteiger partial charge in [0.25, 0.3) is 0 Å². The summed E-state index contributed by atoms with van der Waals surface area (Å²) in [6.45, 7) is 0.542. The number of aliphatic imine (C=N–C) groups is 1. The molecule has 0 spiro atoms. The second-order valence-corrected chi connectivity index (χ2v) is 3.03. The largest absolute Gasteiger partial charge is 0.289 e. The molecule has 0 aromatic heterocycles. The molecule has 0 saturated carbocycles. The van der Waals surface area contributed by atoms with Crippen molar-refractivity contribution in [2.75, 3.05) is 6.54 Å². The molecule has 0 aliphatic carbocycles. The van der Waals surface area contributed by atoms with Crippen LogP contribution >= 0.6 is 0 Å². The lowest BCUT2D eigenvalue weighted by atomic mass is 10.1. The number of hydrogen-bond acceptors (Lipinski definition) is 4. The highest BCUT2D eigenvalue weighted by Gasteiger charge is 1.97. The molecule has 0 heterocycles. The van der Waals surface area contributed by atoms with Crippen LogP contribution < -0.4 is 5.48 Å². The second-order valence-electron chi connectivity index (χ2n) is 3.03. The summed E-state index contributed by atoms with van der Waals surface area (Å²) in [6, 6.07) is 0. The van der Waals surface area contributed by atoms with Crippen LogP contribution in [0.5, 0.6) is 0 Å². The van der Waals surface area contributed by atoms with Gasteiger partial charge in [0.2, 0.25) is 12.0 Å². The first-order valence-electron chi connectivity index (χ1n) is 4.78. The van der Waals surface area contributed by atoms with E-state index in [-0.39, 0.29) is 5.91 Å². The van der Waals surface area contributed by atoms with Gasteiger partial charge in [0.1, 0.15) is 0 Å². The highest BCUT2D eigenvalue weighted by Crippen LogP contribution is 2.05. The van der Waals surface area contributed by atoms with Crippen molar-refractivity contribution in [3.8, 4) is 0 Å². The summed E-state index contributed by atoms with van der Waals surface area (Å²) >= 11 is 0. The molecule has 0 aliphatic heterocycles. The number of rotatable bonds is 8. The van der Waals surface area contributed by atoms with Gasteiger partial charge in [0.15, 0.2) is 0 Å². The number of nitrogens with zero attached hydrogens (tertiary/aromatic N) is 1. The van der Waals surface area contributed by atoms with Gasteiger partial charge in [-0.1, -0.05) is 19.3 Å². The van der Waals surface area contributed by atoms with E-state index in [2.05, 4.69) is 4.99 Å². The number of isocyanates is 1. The van der Waals surface area contributed by atoms with E-state index in [1.165, 1.54) is 6.08 Å². The monoisotopic (exact) mass is 200 g/mol. The second kappa shape index (κ2) is 9.89. The first kappa shape index (κ1) is 12.8. The molecule has 80 valence electrons. The number of amides is 1. The maximum absolute atomic E-state index is 10.6. The van der Waals surface area contributed by atoms with E-state index in [4.69, 9.17) is 5.21 Å². The van der Waals surface area contributed by atoms with Gasteiger partial charge in [-0.2, -0.15) is 0 Å². The lowest BCUT2D eigenvalue weighted by Gasteiger charge is -1.99. The van der Waals surface area contributed by atoms with Gasteiger partial charge in [-0.3, -0.25) is 10.0 Å². The Morgan fingerprint density at radius 1 is 1.21 bits per heavy atom. The molecule has 14 heavy (non-hydrogen) atoms. The molecule has 0 atom stereocenters. The maximum Gasteiger partial charge on any atom is 0.243 e. The van der Waals surface area contributed by atoms with Gasteiger partial charge in [-0.15, -0.1) is 0 Å². The Hall–Kier alpha value is -1.19. The zero-order chi connectivity index (χ0) is 10.6. The molecule has 0 unspecified atom stereocenters. The van der Waals surface area contributed by atoms with Gasteiger partial charge in [-0.25, -0.2) is 15.3 Å². The van der Waals surface area contributed by atoms with Gasteiger partial charge < -0.3 is 0 Å². The molecule has 0 fully saturated rings. The SMILES string of the molecule is O=C=NCCCCCCCC(=O)NO. The summed E-state index contributed by atoms with van der Waals surface area (Å²) in [5.41, 5.74) is 1.59. The lowest BCUT2D eigenvalue weighted by Crippen LogP contribution is -2.17. The van der Waals surface area contributed by atoms with Crippen LogP contribution in [0, 0.1) is 0 Å². The van der Waals surface area contributed by atoms with Gasteiger partial charge in [0.05, 0.1) is 6.54 Å². The standard InChI is InChI=1S/C9H16N2O3/c12-8-10-7-5-3-1-2-4-6-9(13)11-14/h14H,1-7H2,(H,11,13). The van der Waals surface area contributed by atoms with Gasteiger partial charge in [0, 0.05) is 6.42 Å². The predicted molar refractivity (Wildman–Crippen MR) is 50.6 cm³/mol. The average Bonchev–Trinajstić information content (AvgIpc) is 2.21. The van der Waals surface area contributed by atoms with Crippen molar-refractivity contribution in [2.45, 2.75) is 38.5 Å². The van der Waals surface area contributed by atoms with E-state index in [1.807, 2.05) is 0 Å². The highest BCUT2D eigenvalue weighted by molar-refractivity contribution is 5.74. The Labute approximate surface area is 83.2 Å². The summed E-state index contributed by atoms with van der Waals surface area (Å²) in [6.07, 6.45) is 6.51. The molecule has 0 rings (SSSR count). The zero-order valence-electron chi connectivity index (χ0n) is 8.16. The van der Waals surface area contributed by atoms with Crippen molar-refractivity contribution in [1.29, 1.82) is 0 Å². The smallest absolute Gasteiger partial charge is 0.243 e. The van der Waals surface area contributed by atoms with E-state index in [0.29, 0.717) is 13.0 Å². The minimum atomic E-state index is -0.337. The third kappa shape index (κ3) is 8.90. The molecule has 5 heteroatoms. The van der Waals surface area contributed by atoms with E-state index < -0.39 is 0 Å². The summed E-state index contributed by atoms with van der Waals surface area (Å²) in [7, 11) is 0. The van der Waals surface area contributed by atoms with E-state index in [1.54, 1.807) is 5.48 Å². The molecule has 0 radical (unpaired) electrons. The number of carbonyl (C=O) groups excluding carboxylic acids is 2. The number of hydroxylamine groups is 1. The van der Waals surface area contributed by atoms with Crippen LogP contribution in [0.4, 0.5) is 0 Å². The zero-order valence-corrected chi connectivity index (χ0v) is 8.16. The molecular weight excluding hydrogens is 184 g/mol. The van der Waals surface area contributed by atoms with E-state index >= 15 is 0 Å². The number of carbonyl (C=O) groups is 1. The molecule has 1 amide bonds. The summed E-state index contributed by atoms with van der Waals surface area (Å²) < 4.78 is 0. The predicted octanol–water partition coefficient (Wildman–Crippen LogP) is 1.17. The van der Waals surface area contributed by atoms with Crippen molar-refractivity contribution < 1.29 is 14.8 Å². The fourth-order valence-corrected chi connectivity index (χ4v) is 1.11. The van der Waals surface area contributed by atoms with Crippen molar-refractivity contribution in [2.24, 2.45) is 4.99 Å². The summed E-state index contributed by atoms with van der Waals surface area (Å²) in [5.74, 6) is -0.337. The normalized spacial score (nSPS) is 9.21. The Balaban J connectivity index is 3.06. The third-order valence-corrected chi connectivity index (χ3v) is 1.86. The average molecular weight is 200 g/mol. The summed E-state index contributed by atoms with van der Waals surface area (Å²) in [5, 5.41) is 8.19. The quantitative estimate of drug-likeness (QED) is 0.203. The van der Waals surface area contributed by atoms with Crippen molar-refractivity contribution in [1.82, 2.24) is 5.48 Å². The molecule has 2 N–H and O–H groups in total. The number of hydrogen-bond donors (Lipinski definition) is 2. The minimum absolute atomic E-state index is 0.337. The van der Waals surface area contributed by atoms with E-state index in [0.717, 1.165) is 32.1 Å². The van der Waals surface area contributed by atoms with Crippen LogP contribution in [0.15, 0.2) is 4.99 Å². The number of nitrogens with one attached hydrogen (secondary N) is 1. The van der Waals surface area contributed by atoms with Gasteiger partial charge in [-0.05, 0) is 12.8 Å². The first-order chi connectivity index (χ1) is 6.81. The Morgan fingerprint density at radius 3 is 2.50 bits per heavy atom. The molecule has 0 aromatic rings. The highest BCUT2D eigenvalue weighted by atomic mass is 16.5. The van der Waals surface area contributed by atoms with Crippen LogP contribution in [0.2, 0.25) is 0 Å². The van der Waals surface area contributed by atoms with E-state index in [9.17, 15) is 9.59 Å². The van der Waals surface area contributed by atoms with Crippen LogP contribution in [-0.4, -0.2) is 23.7 Å². The fraction of sp³-hybridized carbons (Fsp3) is 0.778. The Bertz CT molecular complexity index is 200. The molecular formula is C9H16N2O3. The summed E-state index contributed by atoms with van der Waals surface area (Å²) in [4.78, 5) is 23.7. The lowest BCUT2D eigenvalue weighted by molar-refractivity contribution is -0.129. The van der Waals surface area contributed by atoms with Gasteiger partial charge >= 0.3 is 0 Å². The minimum Gasteiger partial charge on any atom is -0.289 e.